The highest BCUT2D eigenvalue weighted by atomic mass is 32.1. The molecule has 0 spiro atoms. The van der Waals surface area contributed by atoms with Crippen LogP contribution in [0.1, 0.15) is 49.8 Å². The number of carbonyl (C=O) groups is 2. The predicted octanol–water partition coefficient (Wildman–Crippen LogP) is 3.10. The molecule has 1 N–H and O–H groups in total. The minimum Gasteiger partial charge on any atom is -0.481 e. The normalized spacial score (nSPS) is 20.6. The van der Waals surface area contributed by atoms with Crippen molar-refractivity contribution >= 4 is 23.2 Å². The highest BCUT2D eigenvalue weighted by Crippen LogP contribution is 2.28. The van der Waals surface area contributed by atoms with E-state index in [1.165, 1.54) is 0 Å². The number of hydrogen-bond acceptors (Lipinski definition) is 3. The van der Waals surface area contributed by atoms with E-state index >= 15 is 0 Å². The number of carboxylic acids is 1. The fourth-order valence-electron chi connectivity index (χ4n) is 2.79. The zero-order chi connectivity index (χ0) is 14.5. The van der Waals surface area contributed by atoms with Crippen LogP contribution in [0.4, 0.5) is 0 Å². The molecule has 1 aliphatic heterocycles. The lowest BCUT2D eigenvalue weighted by molar-refractivity contribution is -0.140. The van der Waals surface area contributed by atoms with Crippen LogP contribution in [0, 0.1) is 0 Å². The molecule has 1 saturated heterocycles. The predicted molar refractivity (Wildman–Crippen MR) is 79.0 cm³/mol. The smallest absolute Gasteiger partial charge is 0.303 e. The molecule has 1 aliphatic rings. The molecule has 0 radical (unpaired) electrons. The van der Waals surface area contributed by atoms with Gasteiger partial charge in [0.25, 0.3) is 0 Å². The van der Waals surface area contributed by atoms with Gasteiger partial charge in [-0.3, -0.25) is 9.59 Å². The van der Waals surface area contributed by atoms with Crippen molar-refractivity contribution in [3.05, 3.63) is 22.4 Å². The first-order chi connectivity index (χ1) is 9.59. The maximum atomic E-state index is 12.6. The number of rotatable bonds is 5. The molecule has 5 heteroatoms. The molecule has 1 amide bonds. The Bertz CT molecular complexity index is 458. The summed E-state index contributed by atoms with van der Waals surface area (Å²) in [6.07, 6.45) is 3.74. The van der Waals surface area contributed by atoms with Crippen LogP contribution in [-0.4, -0.2) is 34.5 Å². The fraction of sp³-hybridized carbons (Fsp3) is 0.600. The number of carboxylic acid groups (broad SMARTS) is 1. The molecular formula is C15H21NO3S. The largest absolute Gasteiger partial charge is 0.481 e. The molecule has 0 unspecified atom stereocenters. The number of aliphatic carboxylic acids is 1. The van der Waals surface area contributed by atoms with Crippen molar-refractivity contribution in [2.24, 2.45) is 0 Å². The van der Waals surface area contributed by atoms with Crippen molar-refractivity contribution in [3.63, 3.8) is 0 Å². The number of nitrogens with zero attached hydrogens (tertiary/aromatic N) is 1. The molecule has 0 bridgehead atoms. The van der Waals surface area contributed by atoms with E-state index in [4.69, 9.17) is 5.11 Å². The molecule has 110 valence electrons. The molecule has 0 aliphatic carbocycles. The average Bonchev–Trinajstić information content (AvgIpc) is 2.98. The van der Waals surface area contributed by atoms with E-state index in [0.29, 0.717) is 6.42 Å². The third kappa shape index (κ3) is 3.60. The molecule has 1 aromatic rings. The number of carbonyl (C=O) groups excluding carboxylic acids is 1. The van der Waals surface area contributed by atoms with Gasteiger partial charge in [-0.2, -0.15) is 0 Å². The second-order valence-corrected chi connectivity index (χ2v) is 6.33. The number of amides is 1. The zero-order valence-corrected chi connectivity index (χ0v) is 12.6. The van der Waals surface area contributed by atoms with Gasteiger partial charge in [0, 0.05) is 23.9 Å². The van der Waals surface area contributed by atoms with Crippen LogP contribution in [0.15, 0.2) is 17.5 Å². The van der Waals surface area contributed by atoms with Crippen molar-refractivity contribution in [1.82, 2.24) is 4.90 Å². The summed E-state index contributed by atoms with van der Waals surface area (Å²) in [6.45, 7) is 2.70. The van der Waals surface area contributed by atoms with Crippen molar-refractivity contribution in [3.8, 4) is 0 Å². The van der Waals surface area contributed by atoms with Crippen LogP contribution < -0.4 is 0 Å². The topological polar surface area (TPSA) is 57.6 Å². The van der Waals surface area contributed by atoms with E-state index in [2.05, 4.69) is 0 Å². The first-order valence-electron chi connectivity index (χ1n) is 7.15. The zero-order valence-electron chi connectivity index (χ0n) is 11.7. The molecule has 1 aromatic heterocycles. The maximum Gasteiger partial charge on any atom is 0.303 e. The van der Waals surface area contributed by atoms with Gasteiger partial charge in [0.15, 0.2) is 0 Å². The Morgan fingerprint density at radius 1 is 1.50 bits per heavy atom. The Labute approximate surface area is 123 Å². The Morgan fingerprint density at radius 3 is 2.95 bits per heavy atom. The molecule has 0 saturated carbocycles. The lowest BCUT2D eigenvalue weighted by Gasteiger charge is -2.37. The Kier molecular flexibility index (Phi) is 5.17. The Morgan fingerprint density at radius 2 is 2.30 bits per heavy atom. The van der Waals surface area contributed by atoms with E-state index in [9.17, 15) is 9.59 Å². The lowest BCUT2D eigenvalue weighted by Crippen LogP contribution is -2.45. The summed E-state index contributed by atoms with van der Waals surface area (Å²) < 4.78 is 0. The van der Waals surface area contributed by atoms with Gasteiger partial charge in [0.1, 0.15) is 0 Å². The van der Waals surface area contributed by atoms with Gasteiger partial charge in [0.05, 0.1) is 5.92 Å². The summed E-state index contributed by atoms with van der Waals surface area (Å²) in [4.78, 5) is 26.4. The molecule has 2 rings (SSSR count). The number of piperidine rings is 1. The van der Waals surface area contributed by atoms with Crippen molar-refractivity contribution in [2.75, 3.05) is 6.54 Å². The van der Waals surface area contributed by atoms with Crippen LogP contribution in [-0.2, 0) is 9.59 Å². The van der Waals surface area contributed by atoms with Crippen LogP contribution in [0.5, 0.6) is 0 Å². The van der Waals surface area contributed by atoms with Gasteiger partial charge in [-0.1, -0.05) is 6.07 Å². The van der Waals surface area contributed by atoms with Gasteiger partial charge >= 0.3 is 5.97 Å². The second-order valence-electron chi connectivity index (χ2n) is 5.35. The quantitative estimate of drug-likeness (QED) is 0.908. The molecular weight excluding hydrogens is 274 g/mol. The second kappa shape index (κ2) is 6.88. The van der Waals surface area contributed by atoms with Crippen molar-refractivity contribution in [2.45, 2.75) is 51.0 Å². The minimum absolute atomic E-state index is 0.0924. The first-order valence-corrected chi connectivity index (χ1v) is 8.03. The van der Waals surface area contributed by atoms with E-state index in [-0.39, 0.29) is 24.3 Å². The minimum atomic E-state index is -0.783. The van der Waals surface area contributed by atoms with Crippen LogP contribution in [0.25, 0.3) is 0 Å². The maximum absolute atomic E-state index is 12.6. The van der Waals surface area contributed by atoms with Crippen molar-refractivity contribution < 1.29 is 14.7 Å². The lowest BCUT2D eigenvalue weighted by atomic mass is 9.95. The first kappa shape index (κ1) is 15.0. The summed E-state index contributed by atoms with van der Waals surface area (Å²) in [5.74, 6) is -0.766. The monoisotopic (exact) mass is 295 g/mol. The molecule has 20 heavy (non-hydrogen) atoms. The molecule has 4 nitrogen and oxygen atoms in total. The molecule has 1 fully saturated rings. The Balaban J connectivity index is 2.03. The summed E-state index contributed by atoms with van der Waals surface area (Å²) in [6, 6.07) is 4.04. The van der Waals surface area contributed by atoms with Crippen LogP contribution >= 0.6 is 11.3 Å². The van der Waals surface area contributed by atoms with E-state index in [0.717, 1.165) is 30.7 Å². The summed E-state index contributed by atoms with van der Waals surface area (Å²) in [7, 11) is 0. The van der Waals surface area contributed by atoms with E-state index in [1.54, 1.807) is 11.3 Å². The number of likely N-dealkylation sites (tertiary alicyclic amines) is 1. The molecule has 2 atom stereocenters. The SMILES string of the molecule is C[C@@H](C(=O)N1CCCC[C@@H]1CCC(=O)O)c1cccs1. The average molecular weight is 295 g/mol. The third-order valence-corrected chi connectivity index (χ3v) is 5.00. The van der Waals surface area contributed by atoms with Crippen LogP contribution in [0.3, 0.4) is 0 Å². The fourth-order valence-corrected chi connectivity index (χ4v) is 3.57. The van der Waals surface area contributed by atoms with Gasteiger partial charge in [-0.05, 0) is 44.1 Å². The molecule has 0 aromatic carbocycles. The standard InChI is InChI=1S/C15H21NO3S/c1-11(13-6-4-10-20-13)15(19)16-9-3-2-5-12(16)7-8-14(17)18/h4,6,10-12H,2-3,5,7-9H2,1H3,(H,17,18)/t11-,12-/m1/s1. The summed E-state index contributed by atoms with van der Waals surface area (Å²) in [5, 5.41) is 10.8. The molecule has 2 heterocycles. The number of hydrogen-bond donors (Lipinski definition) is 1. The Hall–Kier alpha value is -1.36. The highest BCUT2D eigenvalue weighted by molar-refractivity contribution is 7.10. The van der Waals surface area contributed by atoms with Gasteiger partial charge in [-0.25, -0.2) is 0 Å². The van der Waals surface area contributed by atoms with Crippen molar-refractivity contribution in [1.29, 1.82) is 0 Å². The van der Waals surface area contributed by atoms with Gasteiger partial charge in [-0.15, -0.1) is 11.3 Å². The highest BCUT2D eigenvalue weighted by Gasteiger charge is 2.30. The third-order valence-electron chi connectivity index (χ3n) is 3.94. The van der Waals surface area contributed by atoms with Gasteiger partial charge in [0.2, 0.25) is 5.91 Å². The number of thiophene rings is 1. The van der Waals surface area contributed by atoms with Crippen LogP contribution in [0.2, 0.25) is 0 Å². The summed E-state index contributed by atoms with van der Waals surface area (Å²) >= 11 is 1.60. The van der Waals surface area contributed by atoms with E-state index in [1.807, 2.05) is 29.3 Å². The van der Waals surface area contributed by atoms with Gasteiger partial charge < -0.3 is 10.0 Å². The van der Waals surface area contributed by atoms with E-state index < -0.39 is 5.97 Å². The summed E-state index contributed by atoms with van der Waals surface area (Å²) in [5.41, 5.74) is 0.